The predicted molar refractivity (Wildman–Crippen MR) is 99.7 cm³/mol. The Labute approximate surface area is 153 Å². The molecular weight excluding hydrogens is 328 g/mol. The number of nitrogens with zero attached hydrogens (tertiary/aromatic N) is 5. The maximum atomic E-state index is 5.94. The number of rotatable bonds is 5. The summed E-state index contributed by atoms with van der Waals surface area (Å²) in [5.74, 6) is 0. The summed E-state index contributed by atoms with van der Waals surface area (Å²) in [6, 6.07) is 2.92. The van der Waals surface area contributed by atoms with Crippen LogP contribution in [0.3, 0.4) is 0 Å². The van der Waals surface area contributed by atoms with Crippen molar-refractivity contribution in [2.45, 2.75) is 51.4 Å². The summed E-state index contributed by atoms with van der Waals surface area (Å²) >= 11 is 0. The first-order valence-corrected chi connectivity index (χ1v) is 9.25. The van der Waals surface area contributed by atoms with Crippen LogP contribution in [-0.4, -0.2) is 37.0 Å². The van der Waals surface area contributed by atoms with E-state index in [-0.39, 0.29) is 6.10 Å². The SMILES string of the molecule is CC(C)n1ncc2cc(CN[C@@H]3CCO[C@H](c4cncn4C)C3)cnc21. The molecule has 0 aliphatic carbocycles. The average molecular weight is 354 g/mol. The van der Waals surface area contributed by atoms with Gasteiger partial charge in [-0.05, 0) is 38.3 Å². The number of aryl methyl sites for hydroxylation is 1. The van der Waals surface area contributed by atoms with E-state index < -0.39 is 0 Å². The summed E-state index contributed by atoms with van der Waals surface area (Å²) in [6.07, 6.45) is 9.67. The molecule has 0 unspecified atom stereocenters. The van der Waals surface area contributed by atoms with Gasteiger partial charge in [-0.3, -0.25) is 0 Å². The zero-order chi connectivity index (χ0) is 18.1. The monoisotopic (exact) mass is 354 g/mol. The maximum absolute atomic E-state index is 5.94. The van der Waals surface area contributed by atoms with Gasteiger partial charge in [0.2, 0.25) is 0 Å². The summed E-state index contributed by atoms with van der Waals surface area (Å²) < 4.78 is 9.94. The lowest BCUT2D eigenvalue weighted by Crippen LogP contribution is -2.36. The fourth-order valence-electron chi connectivity index (χ4n) is 3.59. The summed E-state index contributed by atoms with van der Waals surface area (Å²) in [5, 5.41) is 9.20. The van der Waals surface area contributed by atoms with Crippen LogP contribution in [-0.2, 0) is 18.3 Å². The van der Waals surface area contributed by atoms with Crippen LogP contribution in [0.4, 0.5) is 0 Å². The van der Waals surface area contributed by atoms with Crippen molar-refractivity contribution < 1.29 is 4.74 Å². The van der Waals surface area contributed by atoms with E-state index in [4.69, 9.17) is 4.74 Å². The highest BCUT2D eigenvalue weighted by molar-refractivity contribution is 5.75. The minimum atomic E-state index is 0.110. The van der Waals surface area contributed by atoms with Gasteiger partial charge in [-0.25, -0.2) is 14.6 Å². The molecule has 2 atom stereocenters. The van der Waals surface area contributed by atoms with E-state index in [1.54, 1.807) is 0 Å². The van der Waals surface area contributed by atoms with Crippen molar-refractivity contribution in [1.29, 1.82) is 0 Å². The van der Waals surface area contributed by atoms with Gasteiger partial charge in [-0.15, -0.1) is 0 Å². The van der Waals surface area contributed by atoms with Gasteiger partial charge in [0, 0.05) is 43.9 Å². The van der Waals surface area contributed by atoms with Gasteiger partial charge in [0.1, 0.15) is 6.10 Å². The maximum Gasteiger partial charge on any atom is 0.157 e. The number of imidazole rings is 1. The van der Waals surface area contributed by atoms with Gasteiger partial charge in [0.25, 0.3) is 0 Å². The van der Waals surface area contributed by atoms with E-state index in [2.05, 4.69) is 40.3 Å². The molecule has 7 nitrogen and oxygen atoms in total. The van der Waals surface area contributed by atoms with Crippen LogP contribution >= 0.6 is 0 Å². The molecule has 0 spiro atoms. The molecule has 1 aliphatic heterocycles. The third-order valence-corrected chi connectivity index (χ3v) is 5.04. The number of hydrogen-bond donors (Lipinski definition) is 1. The van der Waals surface area contributed by atoms with Crippen molar-refractivity contribution in [2.24, 2.45) is 7.05 Å². The molecule has 3 aromatic heterocycles. The van der Waals surface area contributed by atoms with Crippen molar-refractivity contribution in [1.82, 2.24) is 29.6 Å². The Morgan fingerprint density at radius 2 is 2.19 bits per heavy atom. The van der Waals surface area contributed by atoms with E-state index in [0.717, 1.165) is 42.7 Å². The molecule has 0 amide bonds. The lowest BCUT2D eigenvalue weighted by atomic mass is 10.0. The molecule has 0 radical (unpaired) electrons. The standard InChI is InChI=1S/C19H26N6O/c1-13(2)25-19-15(10-23-25)6-14(9-22-19)8-21-16-4-5-26-18(7-16)17-11-20-12-24(17)3/h6,9-13,16,18,21H,4-5,7-8H2,1-3H3/t16-,18+/m1/s1. The highest BCUT2D eigenvalue weighted by Crippen LogP contribution is 2.27. The van der Waals surface area contributed by atoms with E-state index in [1.807, 2.05) is 41.2 Å². The zero-order valence-corrected chi connectivity index (χ0v) is 15.6. The first kappa shape index (κ1) is 17.2. The van der Waals surface area contributed by atoms with Gasteiger partial charge < -0.3 is 14.6 Å². The second kappa shape index (κ2) is 7.17. The Bertz CT molecular complexity index is 883. The second-order valence-electron chi connectivity index (χ2n) is 7.33. The molecular formula is C19H26N6O. The van der Waals surface area contributed by atoms with E-state index in [9.17, 15) is 0 Å². The molecule has 1 fully saturated rings. The number of aromatic nitrogens is 5. The number of fused-ring (bicyclic) bond motifs is 1. The number of pyridine rings is 1. The van der Waals surface area contributed by atoms with Crippen molar-refractivity contribution >= 4 is 11.0 Å². The molecule has 138 valence electrons. The van der Waals surface area contributed by atoms with Crippen LogP contribution in [0.2, 0.25) is 0 Å². The molecule has 3 aromatic rings. The summed E-state index contributed by atoms with van der Waals surface area (Å²) in [7, 11) is 2.01. The van der Waals surface area contributed by atoms with Crippen LogP contribution < -0.4 is 5.32 Å². The second-order valence-corrected chi connectivity index (χ2v) is 7.33. The molecule has 4 rings (SSSR count). The van der Waals surface area contributed by atoms with Crippen molar-refractivity contribution in [3.05, 3.63) is 42.2 Å². The topological polar surface area (TPSA) is 69.8 Å². The lowest BCUT2D eigenvalue weighted by molar-refractivity contribution is -0.00404. The minimum Gasteiger partial charge on any atom is -0.372 e. The third-order valence-electron chi connectivity index (χ3n) is 5.04. The summed E-state index contributed by atoms with van der Waals surface area (Å²) in [6.45, 7) is 5.81. The largest absolute Gasteiger partial charge is 0.372 e. The number of nitrogens with one attached hydrogen (secondary N) is 1. The Morgan fingerprint density at radius 1 is 1.31 bits per heavy atom. The van der Waals surface area contributed by atoms with Gasteiger partial charge in [-0.2, -0.15) is 5.10 Å². The fraction of sp³-hybridized carbons (Fsp3) is 0.526. The quantitative estimate of drug-likeness (QED) is 0.763. The molecule has 4 heterocycles. The van der Waals surface area contributed by atoms with Gasteiger partial charge in [0.15, 0.2) is 5.65 Å². The van der Waals surface area contributed by atoms with Crippen LogP contribution in [0.5, 0.6) is 0 Å². The van der Waals surface area contributed by atoms with Gasteiger partial charge in [0.05, 0.1) is 24.4 Å². The van der Waals surface area contributed by atoms with Crippen molar-refractivity contribution in [3.63, 3.8) is 0 Å². The van der Waals surface area contributed by atoms with Crippen LogP contribution in [0.1, 0.15) is 50.1 Å². The van der Waals surface area contributed by atoms with E-state index >= 15 is 0 Å². The Balaban J connectivity index is 1.40. The van der Waals surface area contributed by atoms with Crippen molar-refractivity contribution in [2.75, 3.05) is 6.61 Å². The summed E-state index contributed by atoms with van der Waals surface area (Å²) in [5.41, 5.74) is 3.27. The first-order chi connectivity index (χ1) is 12.6. The van der Waals surface area contributed by atoms with Gasteiger partial charge in [-0.1, -0.05) is 0 Å². The molecule has 1 aliphatic rings. The average Bonchev–Trinajstić information content (AvgIpc) is 3.26. The molecule has 0 bridgehead atoms. The lowest BCUT2D eigenvalue weighted by Gasteiger charge is -2.30. The van der Waals surface area contributed by atoms with Crippen LogP contribution in [0, 0.1) is 0 Å². The van der Waals surface area contributed by atoms with Gasteiger partial charge >= 0.3 is 0 Å². The molecule has 1 N–H and O–H groups in total. The summed E-state index contributed by atoms with van der Waals surface area (Å²) in [4.78, 5) is 8.82. The molecule has 7 heteroatoms. The molecule has 1 saturated heterocycles. The molecule has 0 saturated carbocycles. The zero-order valence-electron chi connectivity index (χ0n) is 15.6. The molecule has 0 aromatic carbocycles. The number of hydrogen-bond acceptors (Lipinski definition) is 5. The first-order valence-electron chi connectivity index (χ1n) is 9.25. The van der Waals surface area contributed by atoms with Crippen LogP contribution in [0.25, 0.3) is 11.0 Å². The Hall–Kier alpha value is -2.25. The van der Waals surface area contributed by atoms with Crippen molar-refractivity contribution in [3.8, 4) is 0 Å². The highest BCUT2D eigenvalue weighted by atomic mass is 16.5. The van der Waals surface area contributed by atoms with E-state index in [0.29, 0.717) is 12.1 Å². The highest BCUT2D eigenvalue weighted by Gasteiger charge is 2.25. The Kier molecular flexibility index (Phi) is 4.74. The number of ether oxygens (including phenoxy) is 1. The van der Waals surface area contributed by atoms with Crippen LogP contribution in [0.15, 0.2) is 31.0 Å². The predicted octanol–water partition coefficient (Wildman–Crippen LogP) is 2.76. The normalized spacial score (nSPS) is 20.9. The fourth-order valence-corrected chi connectivity index (χ4v) is 3.59. The molecule has 26 heavy (non-hydrogen) atoms. The Morgan fingerprint density at radius 3 is 2.96 bits per heavy atom. The minimum absolute atomic E-state index is 0.110. The third kappa shape index (κ3) is 3.37. The smallest absolute Gasteiger partial charge is 0.157 e. The van der Waals surface area contributed by atoms with E-state index in [1.165, 1.54) is 5.56 Å².